The zero-order valence-corrected chi connectivity index (χ0v) is 17.7. The molecule has 0 unspecified atom stereocenters. The molecule has 4 rings (SSSR count). The maximum atomic E-state index is 13.8. The summed E-state index contributed by atoms with van der Waals surface area (Å²) in [4.78, 5) is 29.8. The summed E-state index contributed by atoms with van der Waals surface area (Å²) in [6.45, 7) is 2.46. The van der Waals surface area contributed by atoms with Crippen LogP contribution in [0.2, 0.25) is 0 Å². The van der Waals surface area contributed by atoms with E-state index in [0.29, 0.717) is 24.1 Å². The van der Waals surface area contributed by atoms with Gasteiger partial charge in [0.05, 0.1) is 4.47 Å². The van der Waals surface area contributed by atoms with Gasteiger partial charge < -0.3 is 10.6 Å². The zero-order valence-electron chi connectivity index (χ0n) is 16.1. The van der Waals surface area contributed by atoms with Gasteiger partial charge in [-0.1, -0.05) is 0 Å². The maximum absolute atomic E-state index is 13.8. The van der Waals surface area contributed by atoms with Gasteiger partial charge in [0, 0.05) is 12.7 Å². The predicted molar refractivity (Wildman–Crippen MR) is 109 cm³/mol. The summed E-state index contributed by atoms with van der Waals surface area (Å²) < 4.78 is 15.6. The molecule has 0 aromatic carbocycles. The Kier molecular flexibility index (Phi) is 5.67. The van der Waals surface area contributed by atoms with Crippen molar-refractivity contribution in [3.63, 3.8) is 0 Å². The number of aromatic nitrogens is 3. The molecule has 0 aliphatic heterocycles. The number of amides is 2. The van der Waals surface area contributed by atoms with Crippen LogP contribution in [0.3, 0.4) is 0 Å². The highest BCUT2D eigenvalue weighted by Gasteiger charge is 2.48. The highest BCUT2D eigenvalue weighted by molar-refractivity contribution is 9.10. The molecule has 2 aliphatic rings. The molecule has 2 fully saturated rings. The fourth-order valence-electron chi connectivity index (χ4n) is 3.91. The van der Waals surface area contributed by atoms with Gasteiger partial charge in [0.25, 0.3) is 5.91 Å². The van der Waals surface area contributed by atoms with E-state index in [4.69, 9.17) is 0 Å². The van der Waals surface area contributed by atoms with Crippen molar-refractivity contribution in [2.24, 2.45) is 17.8 Å². The van der Waals surface area contributed by atoms with Crippen molar-refractivity contribution in [1.29, 1.82) is 0 Å². The van der Waals surface area contributed by atoms with Crippen LogP contribution >= 0.6 is 15.9 Å². The monoisotopic (exact) mass is 463 g/mol. The summed E-state index contributed by atoms with van der Waals surface area (Å²) in [5, 5.41) is 9.76. The Morgan fingerprint density at radius 2 is 1.93 bits per heavy atom. The van der Waals surface area contributed by atoms with Crippen LogP contribution in [-0.2, 0) is 11.3 Å². The topological polar surface area (TPSA) is 88.9 Å². The lowest BCUT2D eigenvalue weighted by molar-refractivity contribution is -0.119. The molecule has 2 aliphatic carbocycles. The van der Waals surface area contributed by atoms with E-state index in [1.165, 1.54) is 12.1 Å². The first-order valence-electron chi connectivity index (χ1n) is 9.93. The van der Waals surface area contributed by atoms with Crippen molar-refractivity contribution in [3.8, 4) is 0 Å². The summed E-state index contributed by atoms with van der Waals surface area (Å²) >= 11 is 3.06. The van der Waals surface area contributed by atoms with Crippen molar-refractivity contribution in [2.45, 2.75) is 45.2 Å². The first-order valence-corrected chi connectivity index (χ1v) is 10.7. The Bertz CT molecular complexity index is 913. The van der Waals surface area contributed by atoms with Crippen molar-refractivity contribution < 1.29 is 14.0 Å². The fourth-order valence-corrected chi connectivity index (χ4v) is 4.13. The molecule has 29 heavy (non-hydrogen) atoms. The lowest BCUT2D eigenvalue weighted by atomic mass is 9.88. The van der Waals surface area contributed by atoms with Crippen LogP contribution in [0.5, 0.6) is 0 Å². The summed E-state index contributed by atoms with van der Waals surface area (Å²) in [5.41, 5.74) is 0.420. The zero-order chi connectivity index (χ0) is 20.5. The van der Waals surface area contributed by atoms with Crippen LogP contribution in [0.15, 0.2) is 28.9 Å². The average Bonchev–Trinajstić information content (AvgIpc) is 3.64. The highest BCUT2D eigenvalue weighted by atomic mass is 79.9. The Balaban J connectivity index is 1.56. The van der Waals surface area contributed by atoms with Gasteiger partial charge in [-0.25, -0.2) is 4.98 Å². The number of anilines is 1. The quantitative estimate of drug-likeness (QED) is 0.587. The molecule has 2 heterocycles. The number of halogens is 2. The third kappa shape index (κ3) is 4.49. The van der Waals surface area contributed by atoms with Crippen LogP contribution in [0.25, 0.3) is 0 Å². The molecule has 154 valence electrons. The lowest BCUT2D eigenvalue weighted by Gasteiger charge is -2.27. The third-order valence-corrected chi connectivity index (χ3v) is 6.18. The number of rotatable bonds is 8. The van der Waals surface area contributed by atoms with E-state index in [-0.39, 0.29) is 28.0 Å². The minimum absolute atomic E-state index is 0.0808. The molecular weight excluding hydrogens is 441 g/mol. The number of carbonyl (C=O) groups excluding carboxylic acids is 2. The van der Waals surface area contributed by atoms with E-state index in [1.807, 2.05) is 6.92 Å². The van der Waals surface area contributed by atoms with E-state index in [0.717, 1.165) is 25.7 Å². The predicted octanol–water partition coefficient (Wildman–Crippen LogP) is 3.37. The molecule has 0 saturated heterocycles. The largest absolute Gasteiger partial charge is 0.339 e. The normalized spacial score (nSPS) is 17.2. The number of nitrogens with zero attached hydrogens (tertiary/aromatic N) is 3. The van der Waals surface area contributed by atoms with Gasteiger partial charge in [-0.2, -0.15) is 9.49 Å². The van der Waals surface area contributed by atoms with Crippen LogP contribution in [0.4, 0.5) is 10.2 Å². The van der Waals surface area contributed by atoms with Gasteiger partial charge in [-0.3, -0.25) is 14.3 Å². The number of aryl methyl sites for hydroxylation is 1. The molecule has 2 amide bonds. The SMILES string of the molecule is CCn1nccc1C(=O)N[C@H](C(=O)Nc1ccc(Br)c(F)n1)C(C1CC1)C1CC1. The molecule has 2 aromatic heterocycles. The Labute approximate surface area is 176 Å². The molecule has 0 radical (unpaired) electrons. The third-order valence-electron chi connectivity index (χ3n) is 5.59. The van der Waals surface area contributed by atoms with Crippen LogP contribution in [0, 0.1) is 23.7 Å². The number of hydrogen-bond donors (Lipinski definition) is 2. The molecule has 0 spiro atoms. The van der Waals surface area contributed by atoms with Gasteiger partial charge in [-0.05, 0) is 84.5 Å². The molecule has 2 aromatic rings. The van der Waals surface area contributed by atoms with Crippen molar-refractivity contribution >= 4 is 33.6 Å². The van der Waals surface area contributed by atoms with Gasteiger partial charge in [0.2, 0.25) is 11.9 Å². The Morgan fingerprint density at radius 3 is 2.52 bits per heavy atom. The summed E-state index contributed by atoms with van der Waals surface area (Å²) in [6.07, 6.45) is 5.84. The number of pyridine rings is 1. The van der Waals surface area contributed by atoms with Gasteiger partial charge >= 0.3 is 0 Å². The van der Waals surface area contributed by atoms with Crippen LogP contribution in [-0.4, -0.2) is 32.6 Å². The molecule has 0 bridgehead atoms. The average molecular weight is 464 g/mol. The first kappa shape index (κ1) is 20.0. The number of nitrogens with one attached hydrogen (secondary N) is 2. The van der Waals surface area contributed by atoms with E-state index < -0.39 is 12.0 Å². The van der Waals surface area contributed by atoms with Crippen LogP contribution in [0.1, 0.15) is 43.1 Å². The molecule has 9 heteroatoms. The number of carbonyl (C=O) groups is 2. The van der Waals surface area contributed by atoms with Crippen LogP contribution < -0.4 is 10.6 Å². The summed E-state index contributed by atoms with van der Waals surface area (Å²) in [6, 6.07) is 3.96. The van der Waals surface area contributed by atoms with Crippen molar-refractivity contribution in [1.82, 2.24) is 20.1 Å². The summed E-state index contributed by atoms with van der Waals surface area (Å²) in [7, 11) is 0. The Hall–Kier alpha value is -2.29. The second kappa shape index (κ2) is 8.22. The second-order valence-corrected chi connectivity index (χ2v) is 8.55. The molecule has 2 N–H and O–H groups in total. The van der Waals surface area contributed by atoms with E-state index >= 15 is 0 Å². The molecular formula is C20H23BrFN5O2. The molecule has 2 saturated carbocycles. The fraction of sp³-hybridized carbons (Fsp3) is 0.500. The van der Waals surface area contributed by atoms with Gasteiger partial charge in [-0.15, -0.1) is 0 Å². The minimum Gasteiger partial charge on any atom is -0.339 e. The van der Waals surface area contributed by atoms with E-state index in [9.17, 15) is 14.0 Å². The number of hydrogen-bond acceptors (Lipinski definition) is 4. The van der Waals surface area contributed by atoms with E-state index in [2.05, 4.69) is 36.6 Å². The van der Waals surface area contributed by atoms with Crippen molar-refractivity contribution in [2.75, 3.05) is 5.32 Å². The first-order chi connectivity index (χ1) is 14.0. The molecule has 1 atom stereocenters. The Morgan fingerprint density at radius 1 is 1.24 bits per heavy atom. The summed E-state index contributed by atoms with van der Waals surface area (Å²) in [5.74, 6) is -0.314. The van der Waals surface area contributed by atoms with Crippen molar-refractivity contribution in [3.05, 3.63) is 40.5 Å². The standard InChI is InChI=1S/C20H23BrFN5O2/c1-2-27-14(9-10-23-27)19(28)26-17(16(11-3-4-11)12-5-6-12)20(29)25-15-8-7-13(21)18(22)24-15/h7-12,16-17H,2-6H2,1H3,(H,26,28)(H,24,25,29)/t17-/m0/s1. The second-order valence-electron chi connectivity index (χ2n) is 7.69. The minimum atomic E-state index is -0.698. The lowest BCUT2D eigenvalue weighted by Crippen LogP contribution is -2.50. The smallest absolute Gasteiger partial charge is 0.270 e. The molecule has 7 nitrogen and oxygen atoms in total. The van der Waals surface area contributed by atoms with Gasteiger partial charge in [0.15, 0.2) is 0 Å². The highest BCUT2D eigenvalue weighted by Crippen LogP contribution is 2.50. The van der Waals surface area contributed by atoms with E-state index in [1.54, 1.807) is 16.9 Å². The maximum Gasteiger partial charge on any atom is 0.270 e. The van der Waals surface area contributed by atoms with Gasteiger partial charge in [0.1, 0.15) is 17.6 Å².